The lowest BCUT2D eigenvalue weighted by atomic mass is 9.78. The van der Waals surface area contributed by atoms with E-state index in [1.54, 1.807) is 0 Å². The minimum absolute atomic E-state index is 0.102. The maximum absolute atomic E-state index is 12.6. The third-order valence-electron chi connectivity index (χ3n) is 14.2. The third-order valence-corrected chi connectivity index (χ3v) is 14.2. The average Bonchev–Trinajstić information content (AvgIpc) is 3.75. The van der Waals surface area contributed by atoms with Gasteiger partial charge in [0.15, 0.2) is 0 Å². The summed E-state index contributed by atoms with van der Waals surface area (Å²) in [6.45, 7) is 24.4. The predicted molar refractivity (Wildman–Crippen MR) is 304 cm³/mol. The molecule has 2 aromatic heterocycles. The second kappa shape index (κ2) is 18.4. The van der Waals surface area contributed by atoms with E-state index >= 15 is 0 Å². The molecule has 2 heterocycles. The molecule has 10 rings (SSSR count). The number of para-hydroxylation sites is 1. The molecule has 0 unspecified atom stereocenters. The molecule has 0 spiro atoms. The van der Waals surface area contributed by atoms with E-state index in [1.807, 2.05) is 6.20 Å². The van der Waals surface area contributed by atoms with Crippen molar-refractivity contribution in [1.82, 2.24) is 14.5 Å². The van der Waals surface area contributed by atoms with Crippen LogP contribution in [0.5, 0.6) is 5.75 Å². The first-order valence-electron chi connectivity index (χ1n) is 25.3. The van der Waals surface area contributed by atoms with E-state index in [0.29, 0.717) is 11.4 Å². The van der Waals surface area contributed by atoms with Gasteiger partial charge in [-0.15, -0.1) is 0 Å². The molecule has 0 aliphatic carbocycles. The van der Waals surface area contributed by atoms with Crippen LogP contribution in [0, 0.1) is 13.8 Å². The van der Waals surface area contributed by atoms with E-state index < -0.39 is 0 Å². The van der Waals surface area contributed by atoms with Crippen molar-refractivity contribution in [1.29, 1.82) is 0 Å². The van der Waals surface area contributed by atoms with Crippen LogP contribution in [0.25, 0.3) is 95.0 Å². The van der Waals surface area contributed by atoms with Crippen molar-refractivity contribution in [3.8, 4) is 89.7 Å². The Bertz CT molecular complexity index is 3630. The molecule has 0 amide bonds. The van der Waals surface area contributed by atoms with E-state index in [9.17, 15) is 5.11 Å². The largest absolute Gasteiger partial charge is 0.507 e. The Morgan fingerprint density at radius 3 is 1.71 bits per heavy atom. The highest BCUT2D eigenvalue weighted by molar-refractivity contribution is 5.98. The van der Waals surface area contributed by atoms with Crippen LogP contribution < -0.4 is 0 Å². The molecule has 0 saturated heterocycles. The summed E-state index contributed by atoms with van der Waals surface area (Å²) in [5.74, 6) is 0.941. The number of aromatic hydroxyl groups is 1. The zero-order chi connectivity index (χ0) is 50.7. The number of nitrogens with zero attached hydrogens (tertiary/aromatic N) is 3. The van der Waals surface area contributed by atoms with Gasteiger partial charge in [0.2, 0.25) is 0 Å². The molecule has 0 aliphatic heterocycles. The molecule has 0 fully saturated rings. The minimum atomic E-state index is -0.338. The van der Waals surface area contributed by atoms with Crippen LogP contribution in [0.4, 0.5) is 0 Å². The van der Waals surface area contributed by atoms with Crippen LogP contribution in [0.2, 0.25) is 0 Å². The molecule has 10 aromatic rings. The van der Waals surface area contributed by atoms with Crippen LogP contribution in [0.3, 0.4) is 0 Å². The Labute approximate surface area is 426 Å². The number of pyridine rings is 1. The summed E-state index contributed by atoms with van der Waals surface area (Å²) >= 11 is 0. The number of rotatable bonds is 8. The Morgan fingerprint density at radius 1 is 0.431 bits per heavy atom. The van der Waals surface area contributed by atoms with Gasteiger partial charge >= 0.3 is 0 Å². The number of aryl methyl sites for hydroxylation is 2. The van der Waals surface area contributed by atoms with Gasteiger partial charge in [-0.05, 0) is 151 Å². The highest BCUT2D eigenvalue weighted by atomic mass is 16.3. The lowest BCUT2D eigenvalue weighted by molar-refractivity contribution is 0.446. The van der Waals surface area contributed by atoms with E-state index in [-0.39, 0.29) is 22.0 Å². The number of benzene rings is 8. The SMILES string of the molecule is Cc1ccc(-c2ccnc(-c3cc(-c4ccccc4)cc(-c4cccc5c4nc(-c4cc(C(C)(C)C)cc(C(C)(C)C)c4O)n5-c4ccc(-c5c(-c6ccccc6)cccc5C(C)(C)C)cc4C)c3)c2)cc1. The van der Waals surface area contributed by atoms with Gasteiger partial charge in [0.25, 0.3) is 0 Å². The van der Waals surface area contributed by atoms with Gasteiger partial charge < -0.3 is 5.11 Å². The van der Waals surface area contributed by atoms with Crippen LogP contribution in [0.15, 0.2) is 188 Å². The Hall–Kier alpha value is -7.82. The third kappa shape index (κ3) is 9.19. The lowest BCUT2D eigenvalue weighted by Crippen LogP contribution is -2.17. The van der Waals surface area contributed by atoms with Gasteiger partial charge in [-0.25, -0.2) is 4.98 Å². The maximum Gasteiger partial charge on any atom is 0.149 e. The molecule has 0 atom stereocenters. The standard InChI is InChI=1S/C68H65N3O/c1-43-28-30-46(31-29-43)48-34-35-69-59(40-48)52-38-50(45-20-14-12-15-21-45)37-51(39-52)55-25-19-27-61-63(55)70-65(56-41-53(66(3,4)5)42-58(64(56)72)68(9,10)11)71(61)60-33-32-49(36-44(60)2)62-54(47-22-16-13-17-23-47)24-18-26-57(62)67(6,7)8/h12-42,72H,1-11H3. The number of phenolic OH excluding ortho intramolecular Hbond substituents is 1. The number of phenols is 1. The topological polar surface area (TPSA) is 50.9 Å². The molecule has 72 heavy (non-hydrogen) atoms. The molecule has 4 nitrogen and oxygen atoms in total. The molecule has 8 aromatic carbocycles. The fourth-order valence-electron chi connectivity index (χ4n) is 10.2. The normalized spacial score (nSPS) is 12.2. The smallest absolute Gasteiger partial charge is 0.149 e. The van der Waals surface area contributed by atoms with Crippen LogP contribution in [-0.4, -0.2) is 19.6 Å². The highest BCUT2D eigenvalue weighted by Gasteiger charge is 2.30. The molecule has 4 heteroatoms. The molecule has 0 radical (unpaired) electrons. The molecular weight excluding hydrogens is 875 g/mol. The predicted octanol–water partition coefficient (Wildman–Crippen LogP) is 18.3. The van der Waals surface area contributed by atoms with Crippen LogP contribution in [-0.2, 0) is 16.2 Å². The van der Waals surface area contributed by atoms with E-state index in [1.165, 1.54) is 27.8 Å². The van der Waals surface area contributed by atoms with Crippen molar-refractivity contribution < 1.29 is 5.11 Å². The fraction of sp³-hybridized carbons (Fsp3) is 0.206. The van der Waals surface area contributed by atoms with Gasteiger partial charge in [-0.3, -0.25) is 9.55 Å². The number of fused-ring (bicyclic) bond motifs is 1. The van der Waals surface area contributed by atoms with Crippen molar-refractivity contribution in [2.45, 2.75) is 92.4 Å². The van der Waals surface area contributed by atoms with Crippen LogP contribution >= 0.6 is 0 Å². The van der Waals surface area contributed by atoms with Crippen molar-refractivity contribution in [3.63, 3.8) is 0 Å². The van der Waals surface area contributed by atoms with Gasteiger partial charge in [-0.2, -0.15) is 0 Å². The zero-order valence-electron chi connectivity index (χ0n) is 43.7. The molecule has 1 N–H and O–H groups in total. The first-order chi connectivity index (χ1) is 34.3. The molecule has 358 valence electrons. The number of aromatic nitrogens is 3. The molecule has 0 bridgehead atoms. The number of imidazole rings is 1. The molecule has 0 saturated carbocycles. The lowest BCUT2D eigenvalue weighted by Gasteiger charge is -2.28. The molecule has 0 aliphatic rings. The summed E-state index contributed by atoms with van der Waals surface area (Å²) in [4.78, 5) is 10.7. The first-order valence-corrected chi connectivity index (χ1v) is 25.3. The van der Waals surface area contributed by atoms with Crippen molar-refractivity contribution >= 4 is 11.0 Å². The Morgan fingerprint density at radius 2 is 1.04 bits per heavy atom. The van der Waals surface area contributed by atoms with Gasteiger partial charge in [0.05, 0.1) is 28.0 Å². The Kier molecular flexibility index (Phi) is 12.2. The van der Waals surface area contributed by atoms with Gasteiger partial charge in [0.1, 0.15) is 11.6 Å². The highest BCUT2D eigenvalue weighted by Crippen LogP contribution is 2.47. The number of hydrogen-bond donors (Lipinski definition) is 1. The second-order valence-electron chi connectivity index (χ2n) is 22.7. The van der Waals surface area contributed by atoms with E-state index in [4.69, 9.17) is 9.97 Å². The van der Waals surface area contributed by atoms with Crippen molar-refractivity contribution in [3.05, 3.63) is 216 Å². The van der Waals surface area contributed by atoms with Crippen molar-refractivity contribution in [2.24, 2.45) is 0 Å². The summed E-state index contributed by atoms with van der Waals surface area (Å²) in [5, 5.41) is 12.6. The number of hydrogen-bond acceptors (Lipinski definition) is 3. The summed E-state index contributed by atoms with van der Waals surface area (Å²) in [6.07, 6.45) is 1.91. The minimum Gasteiger partial charge on any atom is -0.507 e. The quantitative estimate of drug-likeness (QED) is 0.165. The van der Waals surface area contributed by atoms with E-state index in [0.717, 1.165) is 83.6 Å². The summed E-state index contributed by atoms with van der Waals surface area (Å²) in [5.41, 5.74) is 21.7. The zero-order valence-corrected chi connectivity index (χ0v) is 43.7. The van der Waals surface area contributed by atoms with Gasteiger partial charge in [0, 0.05) is 22.9 Å². The summed E-state index contributed by atoms with van der Waals surface area (Å²) < 4.78 is 2.29. The van der Waals surface area contributed by atoms with Gasteiger partial charge in [-0.1, -0.05) is 195 Å². The average molecular weight is 940 g/mol. The Balaban J connectivity index is 1.24. The maximum atomic E-state index is 12.6. The fourth-order valence-corrected chi connectivity index (χ4v) is 10.2. The second-order valence-corrected chi connectivity index (χ2v) is 22.7. The monoisotopic (exact) mass is 940 g/mol. The first kappa shape index (κ1) is 47.8. The van der Waals surface area contributed by atoms with E-state index in [2.05, 4.69) is 263 Å². The summed E-state index contributed by atoms with van der Waals surface area (Å²) in [7, 11) is 0. The van der Waals surface area contributed by atoms with Crippen molar-refractivity contribution in [2.75, 3.05) is 0 Å². The van der Waals surface area contributed by atoms with Crippen LogP contribution in [0.1, 0.15) is 90.1 Å². The molecular formula is C68H65N3O. The summed E-state index contributed by atoms with van der Waals surface area (Å²) in [6, 6.07) is 65.5.